The number of carbonyl (C=O) groups is 1. The van der Waals surface area contributed by atoms with Crippen molar-refractivity contribution in [2.24, 2.45) is 5.73 Å². The van der Waals surface area contributed by atoms with Crippen molar-refractivity contribution in [3.8, 4) is 0 Å². The summed E-state index contributed by atoms with van der Waals surface area (Å²) in [6.45, 7) is -1.60. The van der Waals surface area contributed by atoms with Gasteiger partial charge in [0.2, 0.25) is 0 Å². The Bertz CT molecular complexity index is 379. The molecule has 0 fully saturated rings. The van der Waals surface area contributed by atoms with E-state index in [1.807, 2.05) is 0 Å². The highest BCUT2D eigenvalue weighted by molar-refractivity contribution is 9.10. The summed E-state index contributed by atoms with van der Waals surface area (Å²) in [5.41, 5.74) is 4.91. The molecule has 9 heteroatoms. The zero-order valence-corrected chi connectivity index (χ0v) is 12.2. The summed E-state index contributed by atoms with van der Waals surface area (Å²) in [5.74, 6) is -3.74. The molecule has 0 aromatic carbocycles. The van der Waals surface area contributed by atoms with Crippen molar-refractivity contribution >= 4 is 46.7 Å². The van der Waals surface area contributed by atoms with E-state index in [1.165, 1.54) is 12.3 Å². The summed E-state index contributed by atoms with van der Waals surface area (Å²) >= 11 is 3.15. The molecule has 0 spiro atoms. The number of aromatic nitrogens is 1. The fraction of sp³-hybridized carbons (Fsp3) is 0.333. The first-order valence-corrected chi connectivity index (χ1v) is 5.21. The molecule has 0 unspecified atom stereocenters. The van der Waals surface area contributed by atoms with Crippen LogP contribution in [0.4, 0.5) is 8.78 Å². The summed E-state index contributed by atoms with van der Waals surface area (Å²) in [5, 5.41) is 2.06. The van der Waals surface area contributed by atoms with Gasteiger partial charge in [-0.05, 0) is 28.1 Å². The lowest BCUT2D eigenvalue weighted by Crippen LogP contribution is -2.41. The Balaban J connectivity index is 0. The van der Waals surface area contributed by atoms with Gasteiger partial charge in [0.1, 0.15) is 5.69 Å². The fourth-order valence-electron chi connectivity index (χ4n) is 0.882. The van der Waals surface area contributed by atoms with Crippen LogP contribution >= 0.6 is 40.7 Å². The monoisotopic (exact) mass is 365 g/mol. The van der Waals surface area contributed by atoms with Gasteiger partial charge in [-0.1, -0.05) is 0 Å². The minimum Gasteiger partial charge on any atom is -0.345 e. The highest BCUT2D eigenvalue weighted by Gasteiger charge is 2.27. The predicted octanol–water partition coefficient (Wildman–Crippen LogP) is 2.01. The van der Waals surface area contributed by atoms with Crippen molar-refractivity contribution in [3.63, 3.8) is 0 Å². The van der Waals surface area contributed by atoms with Crippen molar-refractivity contribution in [2.75, 3.05) is 13.1 Å². The van der Waals surface area contributed by atoms with Crippen LogP contribution in [0.15, 0.2) is 22.8 Å². The largest absolute Gasteiger partial charge is 0.345 e. The number of alkyl halides is 2. The van der Waals surface area contributed by atoms with E-state index < -0.39 is 24.9 Å². The first kappa shape index (κ1) is 19.8. The second-order valence-corrected chi connectivity index (χ2v) is 4.02. The van der Waals surface area contributed by atoms with Gasteiger partial charge in [-0.25, -0.2) is 13.8 Å². The Hall–Kier alpha value is -0.500. The number of halogens is 5. The molecule has 3 N–H and O–H groups in total. The zero-order valence-electron chi connectivity index (χ0n) is 9.03. The van der Waals surface area contributed by atoms with Gasteiger partial charge < -0.3 is 11.1 Å². The van der Waals surface area contributed by atoms with Gasteiger partial charge in [-0.2, -0.15) is 0 Å². The van der Waals surface area contributed by atoms with E-state index in [0.717, 1.165) is 0 Å². The van der Waals surface area contributed by atoms with E-state index in [2.05, 4.69) is 26.2 Å². The van der Waals surface area contributed by atoms with Crippen LogP contribution in [0.3, 0.4) is 0 Å². The third kappa shape index (κ3) is 6.44. The molecule has 0 aliphatic heterocycles. The molecule has 0 atom stereocenters. The Morgan fingerprint density at radius 2 is 2.06 bits per heavy atom. The summed E-state index contributed by atoms with van der Waals surface area (Å²) < 4.78 is 26.2. The quantitative estimate of drug-likeness (QED) is 0.856. The molecule has 4 nitrogen and oxygen atoms in total. The molecule has 1 amide bonds. The molecule has 0 aliphatic rings. The topological polar surface area (TPSA) is 68.0 Å². The Morgan fingerprint density at radius 1 is 1.44 bits per heavy atom. The molecule has 104 valence electrons. The van der Waals surface area contributed by atoms with Gasteiger partial charge in [0.25, 0.3) is 11.8 Å². The number of nitrogens with two attached hydrogens (primary N) is 1. The number of pyridine rings is 1. The standard InChI is InChI=1S/C9H10BrF2N3O.2ClH/c10-6-1-2-7(14-3-6)8(16)15-5-9(11,12)4-13;;/h1-3H,4-5,13H2,(H,15,16);2*1H. The lowest BCUT2D eigenvalue weighted by Gasteiger charge is -2.14. The lowest BCUT2D eigenvalue weighted by atomic mass is 10.3. The third-order valence-electron chi connectivity index (χ3n) is 1.77. The minimum absolute atomic E-state index is 0. The molecule has 1 rings (SSSR count). The van der Waals surface area contributed by atoms with Gasteiger partial charge in [-0.3, -0.25) is 4.79 Å². The van der Waals surface area contributed by atoms with Gasteiger partial charge in [0, 0.05) is 10.7 Å². The number of amides is 1. The van der Waals surface area contributed by atoms with Crippen LogP contribution in [0, 0.1) is 0 Å². The van der Waals surface area contributed by atoms with E-state index in [9.17, 15) is 13.6 Å². The predicted molar refractivity (Wildman–Crippen MR) is 72.8 cm³/mol. The first-order chi connectivity index (χ1) is 7.44. The Labute approximate surface area is 124 Å². The van der Waals surface area contributed by atoms with Gasteiger partial charge >= 0.3 is 0 Å². The molecule has 0 radical (unpaired) electrons. The van der Waals surface area contributed by atoms with Crippen LogP contribution in [-0.4, -0.2) is 29.9 Å². The summed E-state index contributed by atoms with van der Waals surface area (Å²) in [4.78, 5) is 15.1. The van der Waals surface area contributed by atoms with Crippen molar-refractivity contribution in [1.82, 2.24) is 10.3 Å². The molecule has 0 saturated heterocycles. The van der Waals surface area contributed by atoms with Crippen LogP contribution in [0.5, 0.6) is 0 Å². The van der Waals surface area contributed by atoms with E-state index in [-0.39, 0.29) is 30.5 Å². The highest BCUT2D eigenvalue weighted by atomic mass is 79.9. The average Bonchev–Trinajstić information content (AvgIpc) is 2.27. The average molecular weight is 367 g/mol. The molecule has 18 heavy (non-hydrogen) atoms. The second-order valence-electron chi connectivity index (χ2n) is 3.10. The van der Waals surface area contributed by atoms with Crippen molar-refractivity contribution in [1.29, 1.82) is 0 Å². The number of rotatable bonds is 4. The van der Waals surface area contributed by atoms with Crippen molar-refractivity contribution in [2.45, 2.75) is 5.92 Å². The molecule has 1 aromatic rings. The minimum atomic E-state index is -3.09. The normalized spacial score (nSPS) is 10.0. The molecular weight excluding hydrogens is 355 g/mol. The maximum absolute atomic E-state index is 12.7. The Kier molecular flexibility index (Phi) is 9.45. The van der Waals surface area contributed by atoms with E-state index in [4.69, 9.17) is 5.73 Å². The number of hydrogen-bond donors (Lipinski definition) is 2. The smallest absolute Gasteiger partial charge is 0.277 e. The molecular formula is C9H12BrCl2F2N3O. The van der Waals surface area contributed by atoms with E-state index in [0.29, 0.717) is 4.47 Å². The third-order valence-corrected chi connectivity index (χ3v) is 2.24. The van der Waals surface area contributed by atoms with Crippen molar-refractivity contribution in [3.05, 3.63) is 28.5 Å². The number of hydrogen-bond acceptors (Lipinski definition) is 3. The molecule has 0 saturated carbocycles. The second kappa shape index (κ2) is 8.58. The van der Waals surface area contributed by atoms with E-state index >= 15 is 0 Å². The van der Waals surface area contributed by atoms with Gasteiger partial charge in [0.15, 0.2) is 0 Å². The summed E-state index contributed by atoms with van der Waals surface area (Å²) in [6, 6.07) is 3.03. The number of nitrogens with zero attached hydrogens (tertiary/aromatic N) is 1. The summed E-state index contributed by atoms with van der Waals surface area (Å²) in [6.07, 6.45) is 1.41. The lowest BCUT2D eigenvalue weighted by molar-refractivity contribution is 0.0118. The van der Waals surface area contributed by atoms with Crippen molar-refractivity contribution < 1.29 is 13.6 Å². The van der Waals surface area contributed by atoms with Crippen LogP contribution in [0.1, 0.15) is 10.5 Å². The van der Waals surface area contributed by atoms with Crippen LogP contribution in [-0.2, 0) is 0 Å². The van der Waals surface area contributed by atoms with Gasteiger partial charge in [0.05, 0.1) is 13.1 Å². The van der Waals surface area contributed by atoms with Crippen LogP contribution in [0.2, 0.25) is 0 Å². The van der Waals surface area contributed by atoms with Crippen LogP contribution in [0.25, 0.3) is 0 Å². The number of nitrogens with one attached hydrogen (secondary N) is 1. The fourth-order valence-corrected chi connectivity index (χ4v) is 1.12. The van der Waals surface area contributed by atoms with Crippen LogP contribution < -0.4 is 11.1 Å². The van der Waals surface area contributed by atoms with Gasteiger partial charge in [-0.15, -0.1) is 24.8 Å². The molecule has 0 aliphatic carbocycles. The van der Waals surface area contributed by atoms with E-state index in [1.54, 1.807) is 6.07 Å². The Morgan fingerprint density at radius 3 is 2.50 bits per heavy atom. The number of carbonyl (C=O) groups excluding carboxylic acids is 1. The first-order valence-electron chi connectivity index (χ1n) is 4.42. The molecule has 1 aromatic heterocycles. The SMILES string of the molecule is Cl.Cl.NCC(F)(F)CNC(=O)c1ccc(Br)cn1. The summed E-state index contributed by atoms with van der Waals surface area (Å²) in [7, 11) is 0. The maximum atomic E-state index is 12.7. The molecule has 1 heterocycles. The maximum Gasteiger partial charge on any atom is 0.277 e. The molecule has 0 bridgehead atoms. The highest BCUT2D eigenvalue weighted by Crippen LogP contribution is 2.10. The zero-order chi connectivity index (χ0) is 12.2.